The molecule has 0 bridgehead atoms. The lowest BCUT2D eigenvalue weighted by Gasteiger charge is -2.18. The SMILES string of the molecule is CCCCCCCC/C=C/C/C=C/CCC(=O)OCC(COC(=O)CCCCCCCCC/C=C/CCCCCCCC)OC(=O)CCCCCCCCCCCCCCCC. The van der Waals surface area contributed by atoms with Crippen molar-refractivity contribution in [3.8, 4) is 0 Å². The van der Waals surface area contributed by atoms with Crippen LogP contribution in [0.2, 0.25) is 0 Å². The van der Waals surface area contributed by atoms with E-state index in [-0.39, 0.29) is 37.5 Å². The van der Waals surface area contributed by atoms with Crippen molar-refractivity contribution in [1.82, 2.24) is 0 Å². The molecule has 0 rings (SSSR count). The fraction of sp³-hybridized carbons (Fsp3) is 0.839. The highest BCUT2D eigenvalue weighted by Crippen LogP contribution is 2.15. The van der Waals surface area contributed by atoms with Crippen molar-refractivity contribution >= 4 is 17.9 Å². The van der Waals surface area contributed by atoms with Crippen molar-refractivity contribution in [3.05, 3.63) is 36.5 Å². The lowest BCUT2D eigenvalue weighted by Crippen LogP contribution is -2.30. The summed E-state index contributed by atoms with van der Waals surface area (Å²) < 4.78 is 16.8. The van der Waals surface area contributed by atoms with E-state index in [1.807, 2.05) is 6.08 Å². The van der Waals surface area contributed by atoms with Gasteiger partial charge in [0, 0.05) is 19.3 Å². The van der Waals surface area contributed by atoms with Gasteiger partial charge in [-0.2, -0.15) is 0 Å². The molecular weight excluding hydrogens is 769 g/mol. The van der Waals surface area contributed by atoms with Crippen LogP contribution in [0, 0.1) is 0 Å². The number of carbonyl (C=O) groups is 3. The Labute approximate surface area is 385 Å². The number of hydrogen-bond acceptors (Lipinski definition) is 6. The molecule has 0 aliphatic carbocycles. The van der Waals surface area contributed by atoms with Gasteiger partial charge in [0.05, 0.1) is 0 Å². The van der Waals surface area contributed by atoms with E-state index < -0.39 is 6.10 Å². The van der Waals surface area contributed by atoms with E-state index in [9.17, 15) is 14.4 Å². The largest absolute Gasteiger partial charge is 0.462 e. The summed E-state index contributed by atoms with van der Waals surface area (Å²) in [5.74, 6) is -0.950. The molecule has 0 aliphatic rings. The van der Waals surface area contributed by atoms with Gasteiger partial charge in [-0.3, -0.25) is 14.4 Å². The topological polar surface area (TPSA) is 78.9 Å². The number of esters is 3. The van der Waals surface area contributed by atoms with Crippen LogP contribution in [0.5, 0.6) is 0 Å². The number of hydrogen-bond donors (Lipinski definition) is 0. The van der Waals surface area contributed by atoms with Crippen molar-refractivity contribution in [2.45, 2.75) is 290 Å². The second kappa shape index (κ2) is 51.3. The first-order valence-corrected chi connectivity index (χ1v) is 27.0. The number of allylic oxidation sites excluding steroid dienone is 6. The van der Waals surface area contributed by atoms with Gasteiger partial charge in [0.1, 0.15) is 13.2 Å². The maximum Gasteiger partial charge on any atom is 0.306 e. The molecule has 0 fully saturated rings. The Kier molecular flexibility index (Phi) is 49.3. The first-order valence-electron chi connectivity index (χ1n) is 27.0. The van der Waals surface area contributed by atoms with E-state index in [2.05, 4.69) is 51.2 Å². The van der Waals surface area contributed by atoms with Crippen molar-refractivity contribution in [2.24, 2.45) is 0 Å². The Morgan fingerprint density at radius 2 is 0.613 bits per heavy atom. The second-order valence-corrected chi connectivity index (χ2v) is 18.1. The summed E-state index contributed by atoms with van der Waals surface area (Å²) in [5.41, 5.74) is 0. The monoisotopic (exact) mass is 871 g/mol. The molecule has 6 nitrogen and oxygen atoms in total. The zero-order valence-electron chi connectivity index (χ0n) is 41.4. The minimum Gasteiger partial charge on any atom is -0.462 e. The molecule has 6 heteroatoms. The smallest absolute Gasteiger partial charge is 0.306 e. The van der Waals surface area contributed by atoms with Crippen LogP contribution in [0.15, 0.2) is 36.5 Å². The molecule has 1 unspecified atom stereocenters. The van der Waals surface area contributed by atoms with E-state index in [4.69, 9.17) is 14.2 Å². The molecule has 1 atom stereocenters. The summed E-state index contributed by atoms with van der Waals surface area (Å²) in [6.45, 7) is 6.60. The van der Waals surface area contributed by atoms with Crippen molar-refractivity contribution < 1.29 is 28.6 Å². The Hall–Kier alpha value is -2.37. The van der Waals surface area contributed by atoms with Gasteiger partial charge in [-0.05, 0) is 64.2 Å². The van der Waals surface area contributed by atoms with E-state index in [0.717, 1.165) is 51.4 Å². The molecule has 0 heterocycles. The third-order valence-electron chi connectivity index (χ3n) is 11.9. The Morgan fingerprint density at radius 1 is 0.323 bits per heavy atom. The Balaban J connectivity index is 4.39. The van der Waals surface area contributed by atoms with Gasteiger partial charge in [0.15, 0.2) is 6.10 Å². The first-order chi connectivity index (χ1) is 30.5. The predicted octanol–water partition coefficient (Wildman–Crippen LogP) is 17.7. The van der Waals surface area contributed by atoms with Crippen molar-refractivity contribution in [2.75, 3.05) is 13.2 Å². The number of unbranched alkanes of at least 4 members (excludes halogenated alkanes) is 32. The molecule has 0 N–H and O–H groups in total. The molecule has 62 heavy (non-hydrogen) atoms. The molecule has 362 valence electrons. The summed E-state index contributed by atoms with van der Waals surface area (Å²) >= 11 is 0. The average Bonchev–Trinajstić information content (AvgIpc) is 3.27. The van der Waals surface area contributed by atoms with Crippen LogP contribution in [0.3, 0.4) is 0 Å². The molecule has 0 radical (unpaired) electrons. The quantitative estimate of drug-likeness (QED) is 0.0262. The predicted molar refractivity (Wildman–Crippen MR) is 266 cm³/mol. The molecule has 0 saturated carbocycles. The van der Waals surface area contributed by atoms with Crippen molar-refractivity contribution in [1.29, 1.82) is 0 Å². The van der Waals surface area contributed by atoms with Gasteiger partial charge in [-0.15, -0.1) is 0 Å². The Bertz CT molecular complexity index is 1050. The lowest BCUT2D eigenvalue weighted by atomic mass is 10.0. The number of rotatable bonds is 49. The highest BCUT2D eigenvalue weighted by atomic mass is 16.6. The normalized spacial score (nSPS) is 12.2. The third-order valence-corrected chi connectivity index (χ3v) is 11.9. The second-order valence-electron chi connectivity index (χ2n) is 18.1. The van der Waals surface area contributed by atoms with Gasteiger partial charge in [0.25, 0.3) is 0 Å². The molecule has 0 spiro atoms. The van der Waals surface area contributed by atoms with Gasteiger partial charge >= 0.3 is 17.9 Å². The summed E-state index contributed by atoms with van der Waals surface area (Å²) in [5, 5.41) is 0. The first kappa shape index (κ1) is 59.6. The molecular formula is C56H102O6. The Morgan fingerprint density at radius 3 is 1.00 bits per heavy atom. The fourth-order valence-corrected chi connectivity index (χ4v) is 7.79. The molecule has 0 aromatic carbocycles. The molecule has 0 amide bonds. The summed E-state index contributed by atoms with van der Waals surface area (Å²) in [7, 11) is 0. The van der Waals surface area contributed by atoms with Gasteiger partial charge in [-0.1, -0.05) is 237 Å². The standard InChI is InChI=1S/C56H102O6/c1-4-7-10-13-16-19-22-25-27-28-29-32-34-37-40-43-46-49-55(58)61-52-53(51-60-54(57)48-45-42-39-36-33-30-24-21-18-15-12-9-6-3)62-56(59)50-47-44-41-38-35-31-26-23-20-17-14-11-8-5-2/h25,27,30,33,39,42,53H,4-24,26,28-29,31-32,34-38,40-41,43-52H2,1-3H3/b27-25+,33-30+,42-39+. The van der Waals surface area contributed by atoms with Crippen LogP contribution < -0.4 is 0 Å². The van der Waals surface area contributed by atoms with E-state index >= 15 is 0 Å². The minimum absolute atomic E-state index is 0.0883. The zero-order chi connectivity index (χ0) is 45.1. The molecule has 0 aliphatic heterocycles. The third kappa shape index (κ3) is 48.7. The summed E-state index contributed by atoms with van der Waals surface area (Å²) in [4.78, 5) is 38.0. The van der Waals surface area contributed by atoms with E-state index in [1.165, 1.54) is 186 Å². The highest BCUT2D eigenvalue weighted by Gasteiger charge is 2.19. The number of carbonyl (C=O) groups excluding carboxylic acids is 3. The van der Waals surface area contributed by atoms with Crippen LogP contribution in [0.25, 0.3) is 0 Å². The number of ether oxygens (including phenoxy) is 3. The fourth-order valence-electron chi connectivity index (χ4n) is 7.79. The summed E-state index contributed by atoms with van der Waals surface area (Å²) in [6.07, 6.45) is 60.0. The van der Waals surface area contributed by atoms with Gasteiger partial charge in [0.2, 0.25) is 0 Å². The van der Waals surface area contributed by atoms with E-state index in [1.54, 1.807) is 0 Å². The van der Waals surface area contributed by atoms with Gasteiger partial charge in [-0.25, -0.2) is 0 Å². The van der Waals surface area contributed by atoms with Crippen LogP contribution in [0.4, 0.5) is 0 Å². The lowest BCUT2D eigenvalue weighted by molar-refractivity contribution is -0.166. The maximum absolute atomic E-state index is 12.8. The van der Waals surface area contributed by atoms with Crippen LogP contribution in [-0.2, 0) is 28.6 Å². The minimum atomic E-state index is -0.792. The van der Waals surface area contributed by atoms with Crippen LogP contribution in [0.1, 0.15) is 284 Å². The average molecular weight is 871 g/mol. The van der Waals surface area contributed by atoms with Gasteiger partial charge < -0.3 is 14.2 Å². The molecule has 0 saturated heterocycles. The zero-order valence-corrected chi connectivity index (χ0v) is 41.4. The molecule has 0 aromatic heterocycles. The maximum atomic E-state index is 12.8. The van der Waals surface area contributed by atoms with Crippen LogP contribution >= 0.6 is 0 Å². The summed E-state index contributed by atoms with van der Waals surface area (Å²) in [6, 6.07) is 0. The molecule has 0 aromatic rings. The van der Waals surface area contributed by atoms with Crippen LogP contribution in [-0.4, -0.2) is 37.2 Å². The highest BCUT2D eigenvalue weighted by molar-refractivity contribution is 5.71. The van der Waals surface area contributed by atoms with Crippen molar-refractivity contribution in [3.63, 3.8) is 0 Å². The van der Waals surface area contributed by atoms with E-state index in [0.29, 0.717) is 19.3 Å².